The second kappa shape index (κ2) is 12.0. The molecule has 0 radical (unpaired) electrons. The highest BCUT2D eigenvalue weighted by atomic mass is 32.2. The summed E-state index contributed by atoms with van der Waals surface area (Å²) in [6, 6.07) is 12.8. The number of hydrogen-bond acceptors (Lipinski definition) is 5. The minimum Gasteiger partial charge on any atom is -0.339 e. The number of hydrogen-bond donors (Lipinski definition) is 0. The average Bonchev–Trinajstić information content (AvgIpc) is 3.27. The van der Waals surface area contributed by atoms with E-state index in [1.54, 1.807) is 35.2 Å². The zero-order valence-corrected chi connectivity index (χ0v) is 23.9. The highest BCUT2D eigenvalue weighted by molar-refractivity contribution is 7.91. The molecule has 2 fully saturated rings. The van der Waals surface area contributed by atoms with Gasteiger partial charge in [-0.15, -0.1) is 0 Å². The summed E-state index contributed by atoms with van der Waals surface area (Å²) in [5.74, 6) is -1.72. The van der Waals surface area contributed by atoms with Crippen LogP contribution < -0.4 is 0 Å². The predicted octanol–water partition coefficient (Wildman–Crippen LogP) is 5.48. The van der Waals surface area contributed by atoms with Gasteiger partial charge in [0, 0.05) is 42.6 Å². The summed E-state index contributed by atoms with van der Waals surface area (Å²) in [5.41, 5.74) is -0.964. The molecule has 0 spiro atoms. The Balaban J connectivity index is 1.51. The number of Topliss-reactive ketones (excluding diaryl/α,β-unsaturated/α-hetero) is 1. The standard InChI is InChI=1S/C30H37F3N2O4S/c1-20(2)34(3)25-12-13-27(23(17-25)19-40(38,39)26-10-5-4-6-11-26)35-15-14-22(29(35)37)18-28(36)21-8-7-9-24(16-21)30(31,32)33/h4-11,16,20,22-23,25,27H,12-15,17-19H2,1-3H3/t22?,23-,25?,27?/m0/s1. The van der Waals surface area contributed by atoms with Crippen LogP contribution in [0.2, 0.25) is 0 Å². The topological polar surface area (TPSA) is 74.8 Å². The van der Waals surface area contributed by atoms with Gasteiger partial charge in [0.2, 0.25) is 5.91 Å². The lowest BCUT2D eigenvalue weighted by Crippen LogP contribution is -2.51. The number of amides is 1. The SMILES string of the molecule is CC(C)N(C)C1CCC(N2CCC(CC(=O)c3cccc(C(F)(F)F)c3)C2=O)[C@H](CS(=O)(=O)c2ccccc2)C1. The van der Waals surface area contributed by atoms with Crippen molar-refractivity contribution in [2.45, 2.75) is 75.1 Å². The number of alkyl halides is 3. The molecule has 1 saturated heterocycles. The van der Waals surface area contributed by atoms with E-state index in [2.05, 4.69) is 18.7 Å². The minimum atomic E-state index is -4.56. The maximum absolute atomic E-state index is 13.5. The summed E-state index contributed by atoms with van der Waals surface area (Å²) in [7, 11) is -1.56. The largest absolute Gasteiger partial charge is 0.416 e. The van der Waals surface area contributed by atoms with Crippen LogP contribution in [0, 0.1) is 11.8 Å². The molecule has 0 aromatic heterocycles. The molecule has 0 bridgehead atoms. The van der Waals surface area contributed by atoms with Gasteiger partial charge in [-0.3, -0.25) is 9.59 Å². The first kappa shape index (κ1) is 30.2. The van der Waals surface area contributed by atoms with Crippen molar-refractivity contribution in [2.24, 2.45) is 11.8 Å². The van der Waals surface area contributed by atoms with Crippen LogP contribution in [0.3, 0.4) is 0 Å². The molecule has 1 aliphatic heterocycles. The van der Waals surface area contributed by atoms with Crippen LogP contribution in [0.5, 0.6) is 0 Å². The molecule has 2 aliphatic rings. The Morgan fingerprint density at radius 2 is 1.75 bits per heavy atom. The fourth-order valence-electron chi connectivity index (χ4n) is 6.10. The molecule has 6 nitrogen and oxygen atoms in total. The molecule has 0 N–H and O–H groups in total. The summed E-state index contributed by atoms with van der Waals surface area (Å²) in [4.78, 5) is 30.7. The van der Waals surface area contributed by atoms with Gasteiger partial charge in [-0.25, -0.2) is 8.42 Å². The van der Waals surface area contributed by atoms with Gasteiger partial charge < -0.3 is 9.80 Å². The Kier molecular flexibility index (Phi) is 9.09. The summed E-state index contributed by atoms with van der Waals surface area (Å²) in [6.07, 6.45) is -2.23. The Morgan fingerprint density at radius 3 is 2.40 bits per heavy atom. The van der Waals surface area contributed by atoms with Gasteiger partial charge in [-0.1, -0.05) is 30.3 Å². The van der Waals surface area contributed by atoms with Crippen LogP contribution >= 0.6 is 0 Å². The van der Waals surface area contributed by atoms with Crippen LogP contribution in [0.15, 0.2) is 59.5 Å². The maximum Gasteiger partial charge on any atom is 0.416 e. The molecule has 218 valence electrons. The molecule has 1 heterocycles. The van der Waals surface area contributed by atoms with E-state index in [4.69, 9.17) is 0 Å². The second-order valence-electron chi connectivity index (χ2n) is 11.4. The van der Waals surface area contributed by atoms with E-state index in [9.17, 15) is 31.2 Å². The van der Waals surface area contributed by atoms with Crippen molar-refractivity contribution >= 4 is 21.5 Å². The van der Waals surface area contributed by atoms with Crippen molar-refractivity contribution in [3.63, 3.8) is 0 Å². The van der Waals surface area contributed by atoms with Crippen molar-refractivity contribution in [1.29, 1.82) is 0 Å². The van der Waals surface area contributed by atoms with Crippen LogP contribution in [0.4, 0.5) is 13.2 Å². The quantitative estimate of drug-likeness (QED) is 0.369. The van der Waals surface area contributed by atoms with E-state index >= 15 is 0 Å². The van der Waals surface area contributed by atoms with Crippen LogP contribution in [0.25, 0.3) is 0 Å². The lowest BCUT2D eigenvalue weighted by Gasteiger charge is -2.44. The Bertz CT molecular complexity index is 1310. The smallest absolute Gasteiger partial charge is 0.339 e. The number of carbonyl (C=O) groups excluding carboxylic acids is 2. The highest BCUT2D eigenvalue weighted by Gasteiger charge is 2.44. The molecule has 3 unspecified atom stereocenters. The fraction of sp³-hybridized carbons (Fsp3) is 0.533. The molecule has 1 saturated carbocycles. The summed E-state index contributed by atoms with van der Waals surface area (Å²) in [5, 5.41) is 0. The molecule has 2 aromatic carbocycles. The summed E-state index contributed by atoms with van der Waals surface area (Å²) >= 11 is 0. The van der Waals surface area contributed by atoms with Crippen LogP contribution in [0.1, 0.15) is 61.9 Å². The molecular formula is C30H37F3N2O4S. The number of ketones is 1. The average molecular weight is 579 g/mol. The third-order valence-electron chi connectivity index (χ3n) is 8.54. The molecule has 10 heteroatoms. The Labute approximate surface area is 234 Å². The maximum atomic E-state index is 13.5. The minimum absolute atomic E-state index is 0.0647. The van der Waals surface area contributed by atoms with E-state index in [1.807, 2.05) is 7.05 Å². The van der Waals surface area contributed by atoms with Gasteiger partial charge in [0.1, 0.15) is 0 Å². The van der Waals surface area contributed by atoms with Gasteiger partial charge >= 0.3 is 6.18 Å². The molecule has 1 amide bonds. The zero-order valence-electron chi connectivity index (χ0n) is 23.1. The number of likely N-dealkylation sites (tertiary alicyclic amines) is 1. The lowest BCUT2D eigenvalue weighted by atomic mass is 9.80. The predicted molar refractivity (Wildman–Crippen MR) is 147 cm³/mol. The van der Waals surface area contributed by atoms with Crippen molar-refractivity contribution in [2.75, 3.05) is 19.3 Å². The van der Waals surface area contributed by atoms with Crippen molar-refractivity contribution < 1.29 is 31.2 Å². The van der Waals surface area contributed by atoms with Crippen molar-refractivity contribution in [3.05, 3.63) is 65.7 Å². The Hall–Kier alpha value is -2.72. The number of rotatable bonds is 9. The third kappa shape index (κ3) is 6.77. The molecule has 4 atom stereocenters. The van der Waals surface area contributed by atoms with Gasteiger partial charge in [0.15, 0.2) is 15.6 Å². The van der Waals surface area contributed by atoms with Gasteiger partial charge in [0.25, 0.3) is 0 Å². The number of nitrogens with zero attached hydrogens (tertiary/aromatic N) is 2. The number of sulfone groups is 1. The summed E-state index contributed by atoms with van der Waals surface area (Å²) in [6.45, 7) is 4.59. The van der Waals surface area contributed by atoms with E-state index in [1.165, 1.54) is 12.1 Å². The van der Waals surface area contributed by atoms with Crippen molar-refractivity contribution in [1.82, 2.24) is 9.80 Å². The van der Waals surface area contributed by atoms with Gasteiger partial charge in [0.05, 0.1) is 16.2 Å². The van der Waals surface area contributed by atoms with Gasteiger partial charge in [-0.05, 0) is 76.8 Å². The monoisotopic (exact) mass is 578 g/mol. The second-order valence-corrected chi connectivity index (χ2v) is 13.4. The fourth-order valence-corrected chi connectivity index (χ4v) is 7.79. The lowest BCUT2D eigenvalue weighted by molar-refractivity contribution is -0.137. The van der Waals surface area contributed by atoms with E-state index in [0.717, 1.165) is 18.6 Å². The normalized spacial score (nSPS) is 24.2. The summed E-state index contributed by atoms with van der Waals surface area (Å²) < 4.78 is 66.1. The molecule has 2 aromatic rings. The van der Waals surface area contributed by atoms with Gasteiger partial charge in [-0.2, -0.15) is 13.2 Å². The van der Waals surface area contributed by atoms with Crippen LogP contribution in [-0.4, -0.2) is 67.4 Å². The zero-order chi connectivity index (χ0) is 29.2. The molecule has 4 rings (SSSR count). The van der Waals surface area contributed by atoms with E-state index in [0.29, 0.717) is 25.8 Å². The van der Waals surface area contributed by atoms with Crippen LogP contribution in [-0.2, 0) is 20.8 Å². The number of benzene rings is 2. The highest BCUT2D eigenvalue weighted by Crippen LogP contribution is 2.37. The molecule has 40 heavy (non-hydrogen) atoms. The van der Waals surface area contributed by atoms with E-state index < -0.39 is 33.3 Å². The molecular weight excluding hydrogens is 541 g/mol. The van der Waals surface area contributed by atoms with Crippen molar-refractivity contribution in [3.8, 4) is 0 Å². The first-order chi connectivity index (χ1) is 18.8. The first-order valence-corrected chi connectivity index (χ1v) is 15.4. The third-order valence-corrected chi connectivity index (χ3v) is 10.4. The number of carbonyl (C=O) groups is 2. The molecule has 1 aliphatic carbocycles. The van der Waals surface area contributed by atoms with E-state index in [-0.39, 0.29) is 52.6 Å². The number of halogens is 3. The first-order valence-electron chi connectivity index (χ1n) is 13.8. The Morgan fingerprint density at radius 1 is 1.05 bits per heavy atom.